The van der Waals surface area contributed by atoms with Crippen LogP contribution in [0.4, 0.5) is 14.0 Å². The topological polar surface area (TPSA) is 82.7 Å². The number of likely N-dealkylation sites (N-methyl/N-ethyl adjacent to an activating group) is 1. The average molecular weight is 505 g/mol. The maximum atomic E-state index is 14.1. The van der Waals surface area contributed by atoms with Crippen molar-refractivity contribution in [3.63, 3.8) is 0 Å². The Labute approximate surface area is 215 Å². The lowest BCUT2D eigenvalue weighted by Crippen LogP contribution is -2.51. The van der Waals surface area contributed by atoms with Gasteiger partial charge in [0.15, 0.2) is 0 Å². The summed E-state index contributed by atoms with van der Waals surface area (Å²) in [5, 5.41) is 9.30. The third kappa shape index (κ3) is 8.95. The Kier molecular flexibility index (Phi) is 11.8. The molecule has 3 amide bonds. The second kappa shape index (κ2) is 15.0. The molecule has 1 aromatic rings. The normalized spacial score (nSPS) is 20.4. The van der Waals surface area contributed by atoms with Crippen molar-refractivity contribution < 1.29 is 18.7 Å². The number of piperidine rings is 1. The van der Waals surface area contributed by atoms with E-state index in [4.69, 9.17) is 0 Å². The summed E-state index contributed by atoms with van der Waals surface area (Å²) in [6.45, 7) is 2.69. The Hall–Kier alpha value is -2.35. The number of halogens is 1. The van der Waals surface area contributed by atoms with Crippen LogP contribution in [0.1, 0.15) is 75.7 Å². The smallest absolute Gasteiger partial charge is 0.406 e. The average Bonchev–Trinajstić information content (AvgIpc) is 2.89. The van der Waals surface area contributed by atoms with Gasteiger partial charge in [0.05, 0.1) is 7.11 Å². The van der Waals surface area contributed by atoms with Crippen molar-refractivity contribution in [1.82, 2.24) is 20.9 Å². The highest BCUT2D eigenvalue weighted by atomic mass is 19.1. The molecule has 0 unspecified atom stereocenters. The number of amides is 3. The molecular formula is C28H45FN4O3. The van der Waals surface area contributed by atoms with Crippen molar-refractivity contribution in [3.8, 4) is 0 Å². The molecule has 1 heterocycles. The third-order valence-electron chi connectivity index (χ3n) is 7.86. The molecule has 3 rings (SSSR count). The fourth-order valence-corrected chi connectivity index (χ4v) is 6.05. The number of hydrogen-bond donors (Lipinski definition) is 3. The highest BCUT2D eigenvalue weighted by Crippen LogP contribution is 2.35. The molecule has 7 nitrogen and oxygen atoms in total. The van der Waals surface area contributed by atoms with Gasteiger partial charge >= 0.3 is 12.1 Å². The summed E-state index contributed by atoms with van der Waals surface area (Å²) < 4.78 is 18.7. The fraction of sp³-hybridized carbons (Fsp3) is 0.714. The summed E-state index contributed by atoms with van der Waals surface area (Å²) in [7, 11) is 3.29. The quantitative estimate of drug-likeness (QED) is 0.369. The maximum Gasteiger partial charge on any atom is 0.406 e. The summed E-state index contributed by atoms with van der Waals surface area (Å²) in [4.78, 5) is 26.7. The monoisotopic (exact) mass is 504 g/mol. The number of nitrogens with zero attached hydrogens (tertiary/aromatic N) is 1. The highest BCUT2D eigenvalue weighted by molar-refractivity contribution is 5.74. The van der Waals surface area contributed by atoms with E-state index in [-0.39, 0.29) is 29.7 Å². The van der Waals surface area contributed by atoms with Crippen LogP contribution in [-0.2, 0) is 4.74 Å². The highest BCUT2D eigenvalue weighted by Gasteiger charge is 2.31. The first-order chi connectivity index (χ1) is 17.5. The first-order valence-electron chi connectivity index (χ1n) is 13.8. The predicted molar refractivity (Wildman–Crippen MR) is 141 cm³/mol. The van der Waals surface area contributed by atoms with Gasteiger partial charge in [-0.3, -0.25) is 0 Å². The summed E-state index contributed by atoms with van der Waals surface area (Å²) in [5.41, 5.74) is 0.964. The van der Waals surface area contributed by atoms with Crippen LogP contribution in [0, 0.1) is 17.7 Å². The number of methoxy groups -OCH3 is 1. The minimum absolute atomic E-state index is 0.0149. The van der Waals surface area contributed by atoms with Gasteiger partial charge in [-0.2, -0.15) is 0 Å². The van der Waals surface area contributed by atoms with Crippen molar-refractivity contribution in [2.24, 2.45) is 11.8 Å². The van der Waals surface area contributed by atoms with Crippen LogP contribution in [0.2, 0.25) is 0 Å². The second-order valence-corrected chi connectivity index (χ2v) is 10.5. The van der Waals surface area contributed by atoms with Crippen molar-refractivity contribution in [3.05, 3.63) is 35.6 Å². The van der Waals surface area contributed by atoms with E-state index in [1.54, 1.807) is 12.1 Å². The zero-order valence-corrected chi connectivity index (χ0v) is 22.1. The molecule has 2 fully saturated rings. The Morgan fingerprint density at radius 3 is 2.69 bits per heavy atom. The SMILES string of the molecule is CNC[C@H](CC1CCCCC1)NC(=O)N1CCC[C@H]([C@H](CCCNC(=O)OC)c2cccc(F)c2)C1. The molecule has 0 aromatic heterocycles. The lowest BCUT2D eigenvalue weighted by atomic mass is 9.78. The van der Waals surface area contributed by atoms with Crippen molar-refractivity contribution in [1.29, 1.82) is 0 Å². The van der Waals surface area contributed by atoms with Crippen LogP contribution in [0.25, 0.3) is 0 Å². The third-order valence-corrected chi connectivity index (χ3v) is 7.86. The van der Waals surface area contributed by atoms with Crippen LogP contribution in [0.5, 0.6) is 0 Å². The number of ether oxygens (including phenoxy) is 1. The number of urea groups is 1. The summed E-state index contributed by atoms with van der Waals surface area (Å²) in [6.07, 6.45) is 10.5. The van der Waals surface area contributed by atoms with Crippen molar-refractivity contribution in [2.45, 2.75) is 76.2 Å². The number of rotatable bonds is 11. The van der Waals surface area contributed by atoms with E-state index in [1.165, 1.54) is 45.3 Å². The van der Waals surface area contributed by atoms with E-state index < -0.39 is 6.09 Å². The van der Waals surface area contributed by atoms with E-state index in [0.717, 1.165) is 50.8 Å². The van der Waals surface area contributed by atoms with Crippen molar-refractivity contribution in [2.75, 3.05) is 40.3 Å². The van der Waals surface area contributed by atoms with E-state index in [0.29, 0.717) is 19.0 Å². The van der Waals surface area contributed by atoms with Gasteiger partial charge in [-0.15, -0.1) is 0 Å². The molecule has 0 radical (unpaired) electrons. The lowest BCUT2D eigenvalue weighted by molar-refractivity contribution is 0.148. The van der Waals surface area contributed by atoms with E-state index in [2.05, 4.69) is 20.7 Å². The predicted octanol–water partition coefficient (Wildman–Crippen LogP) is 5.03. The van der Waals surface area contributed by atoms with Gasteiger partial charge in [-0.25, -0.2) is 14.0 Å². The summed E-state index contributed by atoms with van der Waals surface area (Å²) >= 11 is 0. The molecular weight excluding hydrogens is 459 g/mol. The Bertz CT molecular complexity index is 818. The molecule has 1 aliphatic carbocycles. The molecule has 1 aliphatic heterocycles. The van der Waals surface area contributed by atoms with E-state index >= 15 is 0 Å². The van der Waals surface area contributed by atoms with E-state index in [9.17, 15) is 14.0 Å². The Morgan fingerprint density at radius 1 is 1.17 bits per heavy atom. The van der Waals surface area contributed by atoms with Gasteiger partial charge in [-0.05, 0) is 74.6 Å². The minimum atomic E-state index is -0.442. The summed E-state index contributed by atoms with van der Waals surface area (Å²) in [5.74, 6) is 0.812. The first-order valence-corrected chi connectivity index (χ1v) is 13.8. The van der Waals surface area contributed by atoms with Crippen LogP contribution in [0.15, 0.2) is 24.3 Å². The molecule has 36 heavy (non-hydrogen) atoms. The van der Waals surface area contributed by atoms with Crippen LogP contribution in [0.3, 0.4) is 0 Å². The molecule has 8 heteroatoms. The van der Waals surface area contributed by atoms with Gasteiger partial charge in [0.1, 0.15) is 5.82 Å². The lowest BCUT2D eigenvalue weighted by Gasteiger charge is -2.38. The van der Waals surface area contributed by atoms with Gasteiger partial charge in [0.2, 0.25) is 0 Å². The number of hydrogen-bond acceptors (Lipinski definition) is 4. The minimum Gasteiger partial charge on any atom is -0.453 e. The number of carbonyl (C=O) groups excluding carboxylic acids is 2. The molecule has 0 spiro atoms. The number of carbonyl (C=O) groups is 2. The van der Waals surface area contributed by atoms with E-state index in [1.807, 2.05) is 18.0 Å². The second-order valence-electron chi connectivity index (χ2n) is 10.5. The fourth-order valence-electron chi connectivity index (χ4n) is 6.05. The van der Waals surface area contributed by atoms with Gasteiger partial charge in [-0.1, -0.05) is 44.2 Å². The zero-order chi connectivity index (χ0) is 25.8. The Morgan fingerprint density at radius 2 is 1.97 bits per heavy atom. The number of benzene rings is 1. The van der Waals surface area contributed by atoms with Crippen LogP contribution >= 0.6 is 0 Å². The largest absolute Gasteiger partial charge is 0.453 e. The molecule has 3 atom stereocenters. The molecule has 1 aromatic carbocycles. The van der Waals surface area contributed by atoms with Gasteiger partial charge in [0.25, 0.3) is 0 Å². The standard InChI is InChI=1S/C28H45FN4O3/c1-30-19-25(17-21-9-4-3-5-10-21)32-27(34)33-16-8-12-23(20-33)26(14-7-15-31-28(35)36-2)22-11-6-13-24(29)18-22/h6,11,13,18,21,23,25-26,30H,3-5,7-10,12,14-17,19-20H2,1-2H3,(H,31,35)(H,32,34)/t23-,25-,26+/m0/s1. The van der Waals surface area contributed by atoms with Gasteiger partial charge < -0.3 is 25.6 Å². The Balaban J connectivity index is 1.62. The number of alkyl carbamates (subject to hydrolysis) is 1. The van der Waals surface area contributed by atoms with Crippen LogP contribution in [-0.4, -0.2) is 63.4 Å². The molecule has 202 valence electrons. The van der Waals surface area contributed by atoms with Crippen molar-refractivity contribution >= 4 is 12.1 Å². The maximum absolute atomic E-state index is 14.1. The van der Waals surface area contributed by atoms with Gasteiger partial charge in [0, 0.05) is 32.2 Å². The van der Waals surface area contributed by atoms with Crippen LogP contribution < -0.4 is 16.0 Å². The molecule has 0 bridgehead atoms. The molecule has 3 N–H and O–H groups in total. The summed E-state index contributed by atoms with van der Waals surface area (Å²) in [6, 6.07) is 6.97. The number of nitrogens with one attached hydrogen (secondary N) is 3. The molecule has 1 saturated heterocycles. The zero-order valence-electron chi connectivity index (χ0n) is 22.1. The number of likely N-dealkylation sites (tertiary alicyclic amines) is 1. The first kappa shape index (κ1) is 28.2. The molecule has 1 saturated carbocycles. The molecule has 2 aliphatic rings.